The van der Waals surface area contributed by atoms with Crippen molar-refractivity contribution in [1.29, 1.82) is 0 Å². The highest BCUT2D eigenvalue weighted by molar-refractivity contribution is 7.18. The van der Waals surface area contributed by atoms with Gasteiger partial charge in [-0.05, 0) is 24.6 Å². The summed E-state index contributed by atoms with van der Waals surface area (Å²) in [6, 6.07) is 3.58. The lowest BCUT2D eigenvalue weighted by Gasteiger charge is -2.14. The minimum atomic E-state index is -4.37. The molecule has 0 saturated carbocycles. The number of rotatable bonds is 3. The SMILES string of the molecule is N[C@H]1CCN(C(=O)CCc2nc3cc(C(F)(F)F)ccc3s2)C1. The summed E-state index contributed by atoms with van der Waals surface area (Å²) in [6.45, 7) is 1.25. The lowest BCUT2D eigenvalue weighted by Crippen LogP contribution is -2.31. The van der Waals surface area contributed by atoms with Gasteiger partial charge in [0.2, 0.25) is 5.91 Å². The predicted octanol–water partition coefficient (Wildman–Crippen LogP) is 2.81. The smallest absolute Gasteiger partial charge is 0.341 e. The molecule has 2 aromatic rings. The number of nitrogens with two attached hydrogens (primary N) is 1. The highest BCUT2D eigenvalue weighted by Gasteiger charge is 2.30. The number of carbonyl (C=O) groups is 1. The summed E-state index contributed by atoms with van der Waals surface area (Å²) in [5.74, 6) is 0.0215. The fourth-order valence-electron chi connectivity index (χ4n) is 2.64. The minimum absolute atomic E-state index is 0.0215. The van der Waals surface area contributed by atoms with Crippen LogP contribution in [-0.2, 0) is 17.4 Å². The molecule has 8 heteroatoms. The fourth-order valence-corrected chi connectivity index (χ4v) is 3.59. The van der Waals surface area contributed by atoms with Crippen LogP contribution in [0.5, 0.6) is 0 Å². The first-order valence-electron chi connectivity index (χ1n) is 7.33. The summed E-state index contributed by atoms with van der Waals surface area (Å²) >= 11 is 1.33. The van der Waals surface area contributed by atoms with Crippen molar-refractivity contribution >= 4 is 27.5 Å². The number of alkyl halides is 3. The van der Waals surface area contributed by atoms with Gasteiger partial charge in [-0.3, -0.25) is 4.79 Å². The number of aromatic nitrogens is 1. The molecule has 0 bridgehead atoms. The van der Waals surface area contributed by atoms with Crippen LogP contribution in [0.15, 0.2) is 18.2 Å². The Bertz CT molecular complexity index is 728. The van der Waals surface area contributed by atoms with Gasteiger partial charge in [-0.25, -0.2) is 4.98 Å². The summed E-state index contributed by atoms with van der Waals surface area (Å²) in [7, 11) is 0. The lowest BCUT2D eigenvalue weighted by molar-refractivity contribution is -0.137. The van der Waals surface area contributed by atoms with Gasteiger partial charge in [0.25, 0.3) is 0 Å². The molecule has 0 aliphatic carbocycles. The van der Waals surface area contributed by atoms with Crippen molar-refractivity contribution < 1.29 is 18.0 Å². The van der Waals surface area contributed by atoms with E-state index in [2.05, 4.69) is 4.98 Å². The second-order valence-corrected chi connectivity index (χ2v) is 6.79. The standard InChI is InChI=1S/C15H16F3N3OS/c16-15(17,18)9-1-2-12-11(7-9)20-13(23-12)3-4-14(22)21-6-5-10(19)8-21/h1-2,7,10H,3-6,8,19H2/t10-/m0/s1. The predicted molar refractivity (Wildman–Crippen MR) is 82.1 cm³/mol. The highest BCUT2D eigenvalue weighted by Crippen LogP contribution is 2.33. The molecule has 2 N–H and O–H groups in total. The van der Waals surface area contributed by atoms with Crippen LogP contribution in [-0.4, -0.2) is 34.9 Å². The number of nitrogens with zero attached hydrogens (tertiary/aromatic N) is 2. The number of fused-ring (bicyclic) bond motifs is 1. The zero-order chi connectivity index (χ0) is 16.6. The van der Waals surface area contributed by atoms with E-state index < -0.39 is 11.7 Å². The Kier molecular flexibility index (Phi) is 4.29. The molecule has 0 radical (unpaired) electrons. The Labute approximate surface area is 135 Å². The first kappa shape index (κ1) is 16.2. The van der Waals surface area contributed by atoms with Crippen LogP contribution in [0, 0.1) is 0 Å². The fraction of sp³-hybridized carbons (Fsp3) is 0.467. The Hall–Kier alpha value is -1.67. The molecule has 1 amide bonds. The summed E-state index contributed by atoms with van der Waals surface area (Å²) in [4.78, 5) is 18.0. The summed E-state index contributed by atoms with van der Waals surface area (Å²) in [5, 5.41) is 0.677. The summed E-state index contributed by atoms with van der Waals surface area (Å²) in [5.41, 5.74) is 5.40. The number of benzene rings is 1. The average Bonchev–Trinajstić information content (AvgIpc) is 3.08. The number of hydrogen-bond donors (Lipinski definition) is 1. The Balaban J connectivity index is 1.68. The third kappa shape index (κ3) is 3.64. The monoisotopic (exact) mass is 343 g/mol. The average molecular weight is 343 g/mol. The number of likely N-dealkylation sites (tertiary alicyclic amines) is 1. The minimum Gasteiger partial charge on any atom is -0.341 e. The van der Waals surface area contributed by atoms with Crippen molar-refractivity contribution in [3.63, 3.8) is 0 Å². The van der Waals surface area contributed by atoms with E-state index in [1.165, 1.54) is 17.4 Å². The topological polar surface area (TPSA) is 59.2 Å². The van der Waals surface area contributed by atoms with Gasteiger partial charge < -0.3 is 10.6 Å². The number of thiazole rings is 1. The maximum absolute atomic E-state index is 12.7. The zero-order valence-corrected chi connectivity index (χ0v) is 13.1. The van der Waals surface area contributed by atoms with Gasteiger partial charge in [0.1, 0.15) is 0 Å². The summed E-state index contributed by atoms with van der Waals surface area (Å²) in [6.07, 6.45) is -2.82. The van der Waals surface area contributed by atoms with E-state index in [4.69, 9.17) is 5.73 Å². The number of halogens is 3. The highest BCUT2D eigenvalue weighted by atomic mass is 32.1. The number of hydrogen-bond acceptors (Lipinski definition) is 4. The van der Waals surface area contributed by atoms with E-state index in [0.29, 0.717) is 41.2 Å². The lowest BCUT2D eigenvalue weighted by atomic mass is 10.2. The first-order valence-corrected chi connectivity index (χ1v) is 8.14. The Morgan fingerprint density at radius 3 is 2.87 bits per heavy atom. The molecule has 2 heterocycles. The van der Waals surface area contributed by atoms with Crippen LogP contribution in [0.2, 0.25) is 0 Å². The van der Waals surface area contributed by atoms with Gasteiger partial charge >= 0.3 is 6.18 Å². The van der Waals surface area contributed by atoms with Crippen LogP contribution in [0.25, 0.3) is 10.2 Å². The van der Waals surface area contributed by atoms with E-state index in [1.807, 2.05) is 0 Å². The van der Waals surface area contributed by atoms with Gasteiger partial charge in [0.15, 0.2) is 0 Å². The van der Waals surface area contributed by atoms with Crippen molar-refractivity contribution in [3.05, 3.63) is 28.8 Å². The third-order valence-corrected chi connectivity index (χ3v) is 4.99. The number of amides is 1. The van der Waals surface area contributed by atoms with Gasteiger partial charge in [0.05, 0.1) is 20.8 Å². The molecule has 1 atom stereocenters. The van der Waals surface area contributed by atoms with Crippen LogP contribution >= 0.6 is 11.3 Å². The Morgan fingerprint density at radius 2 is 2.22 bits per heavy atom. The van der Waals surface area contributed by atoms with Crippen molar-refractivity contribution in [2.45, 2.75) is 31.5 Å². The van der Waals surface area contributed by atoms with Crippen LogP contribution < -0.4 is 5.73 Å². The van der Waals surface area contributed by atoms with E-state index in [9.17, 15) is 18.0 Å². The molecule has 0 unspecified atom stereocenters. The van der Waals surface area contributed by atoms with Gasteiger partial charge in [0, 0.05) is 32.0 Å². The molecule has 4 nitrogen and oxygen atoms in total. The number of carbonyl (C=O) groups excluding carboxylic acids is 1. The molecule has 0 spiro atoms. The molecule has 1 aliphatic heterocycles. The quantitative estimate of drug-likeness (QED) is 0.932. The molecule has 23 heavy (non-hydrogen) atoms. The number of aryl methyl sites for hydroxylation is 1. The Morgan fingerprint density at radius 1 is 1.43 bits per heavy atom. The molecular formula is C15H16F3N3OS. The van der Waals surface area contributed by atoms with Crippen LogP contribution in [0.1, 0.15) is 23.4 Å². The second-order valence-electron chi connectivity index (χ2n) is 5.68. The third-order valence-electron chi connectivity index (χ3n) is 3.89. The van der Waals surface area contributed by atoms with Gasteiger partial charge in [-0.15, -0.1) is 11.3 Å². The normalized spacial score (nSPS) is 18.8. The molecule has 1 aromatic heterocycles. The molecule has 1 aromatic carbocycles. The van der Waals surface area contributed by atoms with E-state index in [0.717, 1.165) is 18.6 Å². The molecule has 1 aliphatic rings. The first-order chi connectivity index (χ1) is 10.8. The van der Waals surface area contributed by atoms with Crippen molar-refractivity contribution in [2.24, 2.45) is 5.73 Å². The van der Waals surface area contributed by atoms with Gasteiger partial charge in [-0.2, -0.15) is 13.2 Å². The zero-order valence-electron chi connectivity index (χ0n) is 12.3. The largest absolute Gasteiger partial charge is 0.416 e. The molecule has 1 fully saturated rings. The van der Waals surface area contributed by atoms with Crippen molar-refractivity contribution in [3.8, 4) is 0 Å². The van der Waals surface area contributed by atoms with Gasteiger partial charge in [-0.1, -0.05) is 0 Å². The van der Waals surface area contributed by atoms with Crippen LogP contribution in [0.3, 0.4) is 0 Å². The van der Waals surface area contributed by atoms with Crippen molar-refractivity contribution in [2.75, 3.05) is 13.1 Å². The van der Waals surface area contributed by atoms with Crippen molar-refractivity contribution in [1.82, 2.24) is 9.88 Å². The molecule has 124 valence electrons. The molecule has 3 rings (SSSR count). The maximum atomic E-state index is 12.7. The second kappa shape index (κ2) is 6.09. The maximum Gasteiger partial charge on any atom is 0.416 e. The summed E-state index contributed by atoms with van der Waals surface area (Å²) < 4.78 is 38.8. The van der Waals surface area contributed by atoms with E-state index in [-0.39, 0.29) is 11.9 Å². The van der Waals surface area contributed by atoms with Crippen LogP contribution in [0.4, 0.5) is 13.2 Å². The van der Waals surface area contributed by atoms with E-state index in [1.54, 1.807) is 4.90 Å². The van der Waals surface area contributed by atoms with E-state index >= 15 is 0 Å². The molecule has 1 saturated heterocycles. The molecular weight excluding hydrogens is 327 g/mol.